The lowest BCUT2D eigenvalue weighted by atomic mass is 9.98. The molecule has 0 spiro atoms. The number of methoxy groups -OCH3 is 2. The average molecular weight is 908 g/mol. The Balaban J connectivity index is 0.000000191. The Hall–Kier alpha value is -5.40. The molecule has 2 aromatic heterocycles. The first-order chi connectivity index (χ1) is 30.7. The van der Waals surface area contributed by atoms with Gasteiger partial charge in [-0.25, -0.2) is 0 Å². The number of ether oxygens (including phenoxy) is 2. The van der Waals surface area contributed by atoms with Gasteiger partial charge in [0.2, 0.25) is 0 Å². The standard InChI is InChI=1S/2C25H28ClN3O3/c2*1-16(32-3)4-11-24(30)21-9-10-23-22(17(21)2)15-29(27-23)14-18-12-28(13-18)25(31)19-5-7-20(26)8-6-19/h2*5-10,15-16,18H,4,11-14H2,1-3H3. The van der Waals surface area contributed by atoms with Gasteiger partial charge in [-0.05, 0) is 124 Å². The van der Waals surface area contributed by atoms with E-state index in [2.05, 4.69) is 10.2 Å². The Kier molecular flexibility index (Phi) is 15.0. The van der Waals surface area contributed by atoms with E-state index in [4.69, 9.17) is 32.7 Å². The van der Waals surface area contributed by atoms with Crippen LogP contribution in [0.3, 0.4) is 0 Å². The van der Waals surface area contributed by atoms with Gasteiger partial charge < -0.3 is 19.3 Å². The van der Waals surface area contributed by atoms with Crippen molar-refractivity contribution in [2.75, 3.05) is 40.4 Å². The molecule has 14 heteroatoms. The summed E-state index contributed by atoms with van der Waals surface area (Å²) in [6.07, 6.45) is 6.52. The molecule has 2 unspecified atom stereocenters. The molecule has 2 atom stereocenters. The van der Waals surface area contributed by atoms with E-state index < -0.39 is 0 Å². The number of carbonyl (C=O) groups is 4. The zero-order chi connectivity index (χ0) is 45.7. The maximum atomic E-state index is 12.7. The van der Waals surface area contributed by atoms with E-state index in [1.807, 2.05) is 83.5 Å². The number of halogens is 2. The monoisotopic (exact) mass is 906 g/mol. The topological polar surface area (TPSA) is 129 Å². The molecular formula is C50H56Cl2N6O6. The average Bonchev–Trinajstić information content (AvgIpc) is 3.89. The van der Waals surface area contributed by atoms with E-state index in [1.54, 1.807) is 62.8 Å². The number of amides is 2. The molecule has 336 valence electrons. The maximum absolute atomic E-state index is 12.7. The van der Waals surface area contributed by atoms with Crippen molar-refractivity contribution in [3.8, 4) is 0 Å². The fourth-order valence-corrected chi connectivity index (χ4v) is 8.56. The lowest BCUT2D eigenvalue weighted by molar-refractivity contribution is 0.0457. The SMILES string of the molecule is COC(C)CCC(=O)c1ccc2nn(CC3CN(C(=O)c4ccc(Cl)cc4)C3)cc2c1C.COC(C)CCC(=O)c1ccc2nn(CC3CN(C(=O)c4ccc(Cl)cc4)C3)cc2c1C. The van der Waals surface area contributed by atoms with Gasteiger partial charge in [0.05, 0.1) is 23.2 Å². The van der Waals surface area contributed by atoms with Crippen molar-refractivity contribution in [3.63, 3.8) is 0 Å². The summed E-state index contributed by atoms with van der Waals surface area (Å²) in [5, 5.41) is 12.6. The van der Waals surface area contributed by atoms with Crippen molar-refractivity contribution in [2.45, 2.75) is 78.7 Å². The van der Waals surface area contributed by atoms with E-state index in [-0.39, 0.29) is 35.6 Å². The Morgan fingerprint density at radius 1 is 0.594 bits per heavy atom. The van der Waals surface area contributed by atoms with Crippen LogP contribution in [-0.2, 0) is 22.6 Å². The highest BCUT2D eigenvalue weighted by atomic mass is 35.5. The number of hydrogen-bond acceptors (Lipinski definition) is 8. The Morgan fingerprint density at radius 3 is 1.30 bits per heavy atom. The van der Waals surface area contributed by atoms with E-state index in [0.717, 1.165) is 57.1 Å². The summed E-state index contributed by atoms with van der Waals surface area (Å²) in [7, 11) is 3.32. The molecule has 64 heavy (non-hydrogen) atoms. The maximum Gasteiger partial charge on any atom is 0.253 e. The highest BCUT2D eigenvalue weighted by Gasteiger charge is 2.33. The number of carbonyl (C=O) groups excluding carboxylic acids is 4. The van der Waals surface area contributed by atoms with E-state index >= 15 is 0 Å². The number of fused-ring (bicyclic) bond motifs is 2. The number of benzene rings is 4. The number of aryl methyl sites for hydroxylation is 2. The molecular weight excluding hydrogens is 851 g/mol. The summed E-state index contributed by atoms with van der Waals surface area (Å²) < 4.78 is 14.4. The first-order valence-corrected chi connectivity index (χ1v) is 22.6. The number of nitrogens with zero attached hydrogens (tertiary/aromatic N) is 6. The summed E-state index contributed by atoms with van der Waals surface area (Å²) in [5.74, 6) is 1.05. The van der Waals surface area contributed by atoms with Crippen LogP contribution < -0.4 is 0 Å². The molecule has 2 aliphatic heterocycles. The summed E-state index contributed by atoms with van der Waals surface area (Å²) in [6.45, 7) is 12.2. The number of likely N-dealkylation sites (tertiary alicyclic amines) is 2. The van der Waals surface area contributed by atoms with Gasteiger partial charge in [-0.2, -0.15) is 10.2 Å². The smallest absolute Gasteiger partial charge is 0.253 e. The number of ketones is 2. The van der Waals surface area contributed by atoms with Crippen LogP contribution in [0.25, 0.3) is 21.8 Å². The van der Waals surface area contributed by atoms with Gasteiger partial charge in [-0.1, -0.05) is 23.2 Å². The zero-order valence-corrected chi connectivity index (χ0v) is 38.9. The van der Waals surface area contributed by atoms with Gasteiger partial charge in [0.15, 0.2) is 11.6 Å². The highest BCUT2D eigenvalue weighted by molar-refractivity contribution is 6.31. The fraction of sp³-hybridized carbons (Fsp3) is 0.400. The molecule has 12 nitrogen and oxygen atoms in total. The predicted octanol–water partition coefficient (Wildman–Crippen LogP) is 9.54. The lowest BCUT2D eigenvalue weighted by Crippen LogP contribution is -2.51. The Morgan fingerprint density at radius 2 is 0.953 bits per heavy atom. The summed E-state index contributed by atoms with van der Waals surface area (Å²) >= 11 is 11.8. The Bertz CT molecular complexity index is 2450. The van der Waals surface area contributed by atoms with Gasteiger partial charge in [0.25, 0.3) is 11.8 Å². The van der Waals surface area contributed by atoms with Gasteiger partial charge in [0.1, 0.15) is 0 Å². The van der Waals surface area contributed by atoms with E-state index in [0.29, 0.717) is 84.9 Å². The van der Waals surface area contributed by atoms with Crippen molar-refractivity contribution in [3.05, 3.63) is 129 Å². The third-order valence-electron chi connectivity index (χ3n) is 12.5. The first-order valence-electron chi connectivity index (χ1n) is 21.9. The normalized spacial score (nSPS) is 15.1. The van der Waals surface area contributed by atoms with Crippen LogP contribution in [0.4, 0.5) is 0 Å². The minimum atomic E-state index is 0.0327. The van der Waals surface area contributed by atoms with Crippen molar-refractivity contribution in [2.24, 2.45) is 11.8 Å². The molecule has 2 amide bonds. The fourth-order valence-electron chi connectivity index (χ4n) is 8.31. The quantitative estimate of drug-likeness (QED) is 0.0879. The molecule has 6 aromatic rings. The molecule has 0 bridgehead atoms. The van der Waals surface area contributed by atoms with Crippen LogP contribution in [0.1, 0.15) is 92.1 Å². The molecule has 2 saturated heterocycles. The first kappa shape index (κ1) is 46.6. The molecule has 0 radical (unpaired) electrons. The summed E-state index contributed by atoms with van der Waals surface area (Å²) in [4.78, 5) is 54.2. The van der Waals surface area contributed by atoms with Gasteiger partial charge in [0, 0.05) is 134 Å². The lowest BCUT2D eigenvalue weighted by Gasteiger charge is -2.39. The van der Waals surface area contributed by atoms with Gasteiger partial charge >= 0.3 is 0 Å². The van der Waals surface area contributed by atoms with Gasteiger partial charge in [-0.3, -0.25) is 28.5 Å². The molecule has 2 aliphatic rings. The molecule has 0 N–H and O–H groups in total. The van der Waals surface area contributed by atoms with Crippen molar-refractivity contribution >= 4 is 68.4 Å². The minimum absolute atomic E-state index is 0.0327. The zero-order valence-electron chi connectivity index (χ0n) is 37.4. The second-order valence-electron chi connectivity index (χ2n) is 17.2. The Labute approximate surface area is 384 Å². The van der Waals surface area contributed by atoms with Crippen molar-refractivity contribution < 1.29 is 28.7 Å². The second-order valence-corrected chi connectivity index (χ2v) is 18.1. The molecule has 4 aromatic carbocycles. The predicted molar refractivity (Wildman–Crippen MR) is 251 cm³/mol. The molecule has 8 rings (SSSR count). The number of hydrogen-bond donors (Lipinski definition) is 0. The molecule has 4 heterocycles. The van der Waals surface area contributed by atoms with Crippen LogP contribution in [-0.4, -0.2) is 105 Å². The molecule has 0 saturated carbocycles. The summed E-state index contributed by atoms with van der Waals surface area (Å²) in [5.41, 5.74) is 6.53. The third kappa shape index (κ3) is 10.9. The minimum Gasteiger partial charge on any atom is -0.382 e. The largest absolute Gasteiger partial charge is 0.382 e. The van der Waals surface area contributed by atoms with Crippen LogP contribution in [0, 0.1) is 25.7 Å². The van der Waals surface area contributed by atoms with Crippen LogP contribution >= 0.6 is 23.2 Å². The van der Waals surface area contributed by atoms with Gasteiger partial charge in [-0.15, -0.1) is 0 Å². The van der Waals surface area contributed by atoms with Crippen molar-refractivity contribution in [1.29, 1.82) is 0 Å². The van der Waals surface area contributed by atoms with E-state index in [9.17, 15) is 19.2 Å². The highest BCUT2D eigenvalue weighted by Crippen LogP contribution is 2.28. The summed E-state index contributed by atoms with van der Waals surface area (Å²) in [6, 6.07) is 21.6. The number of Topliss-reactive ketones (excluding diaryl/α,β-unsaturated/α-hetero) is 2. The van der Waals surface area contributed by atoms with E-state index in [1.165, 1.54) is 0 Å². The molecule has 2 fully saturated rings. The number of aromatic nitrogens is 4. The molecule has 0 aliphatic carbocycles. The van der Waals surface area contributed by atoms with Crippen LogP contribution in [0.15, 0.2) is 85.2 Å². The van der Waals surface area contributed by atoms with Crippen LogP contribution in [0.2, 0.25) is 10.0 Å². The third-order valence-corrected chi connectivity index (χ3v) is 13.0. The van der Waals surface area contributed by atoms with Crippen molar-refractivity contribution in [1.82, 2.24) is 29.4 Å². The van der Waals surface area contributed by atoms with Crippen LogP contribution in [0.5, 0.6) is 0 Å². The second kappa shape index (κ2) is 20.6. The number of rotatable bonds is 16.